The maximum Gasteiger partial charge on any atom is 0.328 e. The molecule has 24 heavy (non-hydrogen) atoms. The van der Waals surface area contributed by atoms with Crippen molar-refractivity contribution in [2.45, 2.75) is 12.5 Å². The van der Waals surface area contributed by atoms with Crippen LogP contribution >= 0.6 is 23.4 Å². The first-order valence-electron chi connectivity index (χ1n) is 7.07. The topological polar surface area (TPSA) is 85.6 Å². The zero-order valence-corrected chi connectivity index (χ0v) is 14.7. The van der Waals surface area contributed by atoms with Crippen molar-refractivity contribution in [3.63, 3.8) is 0 Å². The molecule has 0 radical (unpaired) electrons. The number of halogens is 1. The van der Waals surface area contributed by atoms with Gasteiger partial charge in [-0.3, -0.25) is 9.59 Å². The van der Waals surface area contributed by atoms with E-state index in [1.807, 2.05) is 6.26 Å². The van der Waals surface area contributed by atoms with Crippen LogP contribution in [0.2, 0.25) is 5.02 Å². The predicted molar refractivity (Wildman–Crippen MR) is 93.8 cm³/mol. The molecule has 1 heterocycles. The molecule has 0 unspecified atom stereocenters. The SMILES string of the molecule is COC(=O)[C@H](CCSC)NC(=O)c1cc(=O)c2cc(Cl)ccc2o1. The molecule has 0 fully saturated rings. The van der Waals surface area contributed by atoms with E-state index in [0.717, 1.165) is 6.07 Å². The maximum absolute atomic E-state index is 12.3. The Hall–Kier alpha value is -1.99. The normalized spacial score (nSPS) is 12.0. The number of rotatable bonds is 6. The lowest BCUT2D eigenvalue weighted by Crippen LogP contribution is -2.42. The third-order valence-corrected chi connectivity index (χ3v) is 4.19. The summed E-state index contributed by atoms with van der Waals surface area (Å²) in [5, 5.41) is 3.22. The summed E-state index contributed by atoms with van der Waals surface area (Å²) < 4.78 is 10.1. The van der Waals surface area contributed by atoms with Crippen molar-refractivity contribution in [2.24, 2.45) is 0 Å². The van der Waals surface area contributed by atoms with Gasteiger partial charge in [-0.25, -0.2) is 4.79 Å². The summed E-state index contributed by atoms with van der Waals surface area (Å²) in [6.45, 7) is 0. The van der Waals surface area contributed by atoms with Gasteiger partial charge in [0.1, 0.15) is 11.6 Å². The van der Waals surface area contributed by atoms with Crippen molar-refractivity contribution in [1.29, 1.82) is 0 Å². The monoisotopic (exact) mass is 369 g/mol. The zero-order valence-electron chi connectivity index (χ0n) is 13.1. The molecule has 8 heteroatoms. The highest BCUT2D eigenvalue weighted by atomic mass is 35.5. The molecular weight excluding hydrogens is 354 g/mol. The summed E-state index contributed by atoms with van der Waals surface area (Å²) in [6.07, 6.45) is 2.30. The van der Waals surface area contributed by atoms with E-state index >= 15 is 0 Å². The minimum absolute atomic E-state index is 0.173. The van der Waals surface area contributed by atoms with Gasteiger partial charge in [-0.05, 0) is 36.6 Å². The predicted octanol–water partition coefficient (Wildman–Crippen LogP) is 2.47. The second-order valence-electron chi connectivity index (χ2n) is 4.95. The maximum atomic E-state index is 12.3. The van der Waals surface area contributed by atoms with Gasteiger partial charge in [-0.15, -0.1) is 0 Å². The first-order chi connectivity index (χ1) is 11.5. The van der Waals surface area contributed by atoms with Crippen LogP contribution in [-0.2, 0) is 9.53 Å². The lowest BCUT2D eigenvalue weighted by atomic mass is 10.2. The van der Waals surface area contributed by atoms with Gasteiger partial charge >= 0.3 is 5.97 Å². The smallest absolute Gasteiger partial charge is 0.328 e. The van der Waals surface area contributed by atoms with Crippen LogP contribution in [0.3, 0.4) is 0 Å². The second-order valence-corrected chi connectivity index (χ2v) is 6.37. The Kier molecular flexibility index (Phi) is 6.28. The summed E-state index contributed by atoms with van der Waals surface area (Å²) in [5.74, 6) is -0.708. The highest BCUT2D eigenvalue weighted by Crippen LogP contribution is 2.17. The molecule has 1 aromatic carbocycles. The third kappa shape index (κ3) is 4.30. The van der Waals surface area contributed by atoms with E-state index in [2.05, 4.69) is 10.1 Å². The van der Waals surface area contributed by atoms with E-state index in [-0.39, 0.29) is 22.2 Å². The van der Waals surface area contributed by atoms with E-state index in [1.54, 1.807) is 17.8 Å². The Balaban J connectivity index is 2.28. The first kappa shape index (κ1) is 18.4. The quantitative estimate of drug-likeness (QED) is 0.787. The molecule has 2 aromatic rings. The zero-order chi connectivity index (χ0) is 17.7. The fourth-order valence-corrected chi connectivity index (χ4v) is 2.74. The molecule has 1 amide bonds. The molecule has 0 aliphatic rings. The van der Waals surface area contributed by atoms with Crippen LogP contribution in [0.4, 0.5) is 0 Å². The van der Waals surface area contributed by atoms with Gasteiger partial charge in [0.2, 0.25) is 0 Å². The first-order valence-corrected chi connectivity index (χ1v) is 8.84. The van der Waals surface area contributed by atoms with Crippen LogP contribution in [0.1, 0.15) is 17.0 Å². The minimum atomic E-state index is -0.804. The number of carbonyl (C=O) groups excluding carboxylic acids is 2. The summed E-state index contributed by atoms with van der Waals surface area (Å²) in [5.41, 5.74) is -0.140. The minimum Gasteiger partial charge on any atom is -0.467 e. The number of fused-ring (bicyclic) bond motifs is 1. The van der Waals surface area contributed by atoms with Crippen molar-refractivity contribution in [3.05, 3.63) is 45.3 Å². The molecule has 0 saturated heterocycles. The van der Waals surface area contributed by atoms with Gasteiger partial charge in [0, 0.05) is 11.1 Å². The Morgan fingerprint density at radius 3 is 2.79 bits per heavy atom. The van der Waals surface area contributed by atoms with Crippen LogP contribution in [0.15, 0.2) is 33.5 Å². The van der Waals surface area contributed by atoms with Crippen molar-refractivity contribution in [3.8, 4) is 0 Å². The number of hydrogen-bond acceptors (Lipinski definition) is 6. The van der Waals surface area contributed by atoms with E-state index in [0.29, 0.717) is 17.2 Å². The van der Waals surface area contributed by atoms with Crippen LogP contribution in [-0.4, -0.2) is 37.0 Å². The summed E-state index contributed by atoms with van der Waals surface area (Å²) in [7, 11) is 1.25. The van der Waals surface area contributed by atoms with Crippen molar-refractivity contribution < 1.29 is 18.7 Å². The molecular formula is C16H16ClNO5S. The van der Waals surface area contributed by atoms with Gasteiger partial charge in [0.05, 0.1) is 12.5 Å². The van der Waals surface area contributed by atoms with Gasteiger partial charge in [0.15, 0.2) is 11.2 Å². The number of esters is 1. The molecule has 1 atom stereocenters. The van der Waals surface area contributed by atoms with E-state index in [4.69, 9.17) is 16.0 Å². The average Bonchev–Trinajstić information content (AvgIpc) is 2.58. The average molecular weight is 370 g/mol. The van der Waals surface area contributed by atoms with Crippen LogP contribution < -0.4 is 10.7 Å². The largest absolute Gasteiger partial charge is 0.467 e. The third-order valence-electron chi connectivity index (χ3n) is 3.31. The molecule has 6 nitrogen and oxygen atoms in total. The molecule has 2 rings (SSSR count). The number of hydrogen-bond donors (Lipinski definition) is 1. The van der Waals surface area contributed by atoms with Crippen molar-refractivity contribution in [2.75, 3.05) is 19.1 Å². The molecule has 0 bridgehead atoms. The van der Waals surface area contributed by atoms with Crippen LogP contribution in [0.25, 0.3) is 11.0 Å². The van der Waals surface area contributed by atoms with Gasteiger partial charge in [-0.1, -0.05) is 11.6 Å². The van der Waals surface area contributed by atoms with Crippen molar-refractivity contribution in [1.82, 2.24) is 5.32 Å². The van der Waals surface area contributed by atoms with Crippen LogP contribution in [0.5, 0.6) is 0 Å². The van der Waals surface area contributed by atoms with E-state index in [9.17, 15) is 14.4 Å². The van der Waals surface area contributed by atoms with E-state index in [1.165, 1.54) is 19.2 Å². The van der Waals surface area contributed by atoms with Gasteiger partial charge in [0.25, 0.3) is 5.91 Å². The lowest BCUT2D eigenvalue weighted by molar-refractivity contribution is -0.142. The standard InChI is InChI=1S/C16H16ClNO5S/c1-22-16(21)11(5-6-24-2)18-15(20)14-8-12(19)10-7-9(17)3-4-13(10)23-14/h3-4,7-8,11H,5-6H2,1-2H3,(H,18,20)/t11-/m0/s1. The number of nitrogens with one attached hydrogen (secondary N) is 1. The fourth-order valence-electron chi connectivity index (χ4n) is 2.10. The van der Waals surface area contributed by atoms with Gasteiger partial charge in [-0.2, -0.15) is 11.8 Å². The highest BCUT2D eigenvalue weighted by Gasteiger charge is 2.23. The molecule has 0 saturated carbocycles. The number of methoxy groups -OCH3 is 1. The van der Waals surface area contributed by atoms with Crippen molar-refractivity contribution >= 4 is 46.2 Å². The molecule has 1 N–H and O–H groups in total. The Labute approximate surface area is 147 Å². The number of carbonyl (C=O) groups is 2. The lowest BCUT2D eigenvalue weighted by Gasteiger charge is -2.15. The highest BCUT2D eigenvalue weighted by molar-refractivity contribution is 7.98. The molecule has 128 valence electrons. The Morgan fingerprint density at radius 1 is 1.38 bits per heavy atom. The fraction of sp³-hybridized carbons (Fsp3) is 0.312. The van der Waals surface area contributed by atoms with Gasteiger partial charge < -0.3 is 14.5 Å². The molecule has 0 spiro atoms. The Morgan fingerprint density at radius 2 is 2.12 bits per heavy atom. The molecule has 0 aliphatic heterocycles. The number of benzene rings is 1. The summed E-state index contributed by atoms with van der Waals surface area (Å²) >= 11 is 7.39. The Bertz CT molecular complexity index is 820. The molecule has 1 aromatic heterocycles. The number of thioether (sulfide) groups is 1. The number of amides is 1. The molecule has 0 aliphatic carbocycles. The van der Waals surface area contributed by atoms with Crippen LogP contribution in [0, 0.1) is 0 Å². The second kappa shape index (κ2) is 8.21. The van der Waals surface area contributed by atoms with E-state index < -0.39 is 17.9 Å². The summed E-state index contributed by atoms with van der Waals surface area (Å²) in [6, 6.07) is 4.82. The summed E-state index contributed by atoms with van der Waals surface area (Å²) in [4.78, 5) is 36.2. The number of ether oxygens (including phenoxy) is 1.